The van der Waals surface area contributed by atoms with Crippen molar-refractivity contribution in [2.45, 2.75) is 6.42 Å². The summed E-state index contributed by atoms with van der Waals surface area (Å²) in [5.74, 6) is 0.371. The second-order valence-electron chi connectivity index (χ2n) is 2.64. The van der Waals surface area contributed by atoms with Gasteiger partial charge in [0.1, 0.15) is 0 Å². The minimum absolute atomic E-state index is 0.371. The Kier molecular flexibility index (Phi) is 1.63. The first-order chi connectivity index (χ1) is 5.86. The number of azo groups is 1. The highest BCUT2D eigenvalue weighted by atomic mass is 16.3. The molecule has 1 aliphatic heterocycles. The Morgan fingerprint density at radius 2 is 2.17 bits per heavy atom. The second kappa shape index (κ2) is 2.77. The number of aliphatic hydroxyl groups is 1. The van der Waals surface area contributed by atoms with Crippen LogP contribution in [0.4, 0.5) is 0 Å². The van der Waals surface area contributed by atoms with Crippen molar-refractivity contribution in [1.82, 2.24) is 0 Å². The molecule has 3 heteroatoms. The van der Waals surface area contributed by atoms with Gasteiger partial charge < -0.3 is 5.11 Å². The molecule has 3 nitrogen and oxygen atoms in total. The van der Waals surface area contributed by atoms with Crippen molar-refractivity contribution in [3.63, 3.8) is 0 Å². The molecular formula is C9H8N2O. The van der Waals surface area contributed by atoms with E-state index in [4.69, 9.17) is 0 Å². The Morgan fingerprint density at radius 3 is 3.08 bits per heavy atom. The number of hydrogen-bond donors (Lipinski definition) is 1. The first-order valence-electron chi connectivity index (χ1n) is 3.73. The average Bonchev–Trinajstić information content (AvgIpc) is 2.28. The van der Waals surface area contributed by atoms with Gasteiger partial charge >= 0.3 is 0 Å². The zero-order chi connectivity index (χ0) is 8.39. The van der Waals surface area contributed by atoms with E-state index >= 15 is 0 Å². The van der Waals surface area contributed by atoms with E-state index in [1.54, 1.807) is 18.4 Å². The lowest BCUT2D eigenvalue weighted by Gasteiger charge is -2.08. The summed E-state index contributed by atoms with van der Waals surface area (Å²) in [4.78, 5) is 0. The van der Waals surface area contributed by atoms with E-state index in [0.29, 0.717) is 12.2 Å². The topological polar surface area (TPSA) is 45.0 Å². The van der Waals surface area contributed by atoms with Gasteiger partial charge in [-0.3, -0.25) is 0 Å². The average molecular weight is 160 g/mol. The van der Waals surface area contributed by atoms with Crippen molar-refractivity contribution < 1.29 is 5.11 Å². The quantitative estimate of drug-likeness (QED) is 0.581. The fourth-order valence-corrected chi connectivity index (χ4v) is 1.16. The van der Waals surface area contributed by atoms with Crippen LogP contribution < -0.4 is 0 Å². The van der Waals surface area contributed by atoms with E-state index in [-0.39, 0.29) is 0 Å². The molecule has 0 saturated heterocycles. The first kappa shape index (κ1) is 7.03. The predicted molar refractivity (Wildman–Crippen MR) is 45.5 cm³/mol. The zero-order valence-corrected chi connectivity index (χ0v) is 6.44. The maximum Gasteiger partial charge on any atom is 0.0967 e. The third-order valence-corrected chi connectivity index (χ3v) is 1.75. The number of nitrogens with zero attached hydrogens (tertiary/aromatic N) is 2. The van der Waals surface area contributed by atoms with Gasteiger partial charge in [-0.2, -0.15) is 10.2 Å². The zero-order valence-electron chi connectivity index (χ0n) is 6.44. The number of allylic oxidation sites excluding steroid dienone is 6. The Bertz CT molecular complexity index is 346. The Morgan fingerprint density at radius 1 is 1.25 bits per heavy atom. The Labute approximate surface area is 70.1 Å². The Balaban J connectivity index is 2.43. The molecule has 0 fully saturated rings. The van der Waals surface area contributed by atoms with E-state index < -0.39 is 0 Å². The molecule has 2 rings (SSSR count). The number of rotatable bonds is 0. The molecule has 0 saturated carbocycles. The largest absolute Gasteiger partial charge is 0.512 e. The van der Waals surface area contributed by atoms with Crippen LogP contribution in [0, 0.1) is 0 Å². The van der Waals surface area contributed by atoms with Gasteiger partial charge in [-0.25, -0.2) is 0 Å². The molecule has 1 aliphatic carbocycles. The van der Waals surface area contributed by atoms with Crippen LogP contribution in [0.1, 0.15) is 6.42 Å². The summed E-state index contributed by atoms with van der Waals surface area (Å²) in [6, 6.07) is 0. The third kappa shape index (κ3) is 1.21. The molecule has 60 valence electrons. The van der Waals surface area contributed by atoms with Crippen LogP contribution in [0.25, 0.3) is 0 Å². The van der Waals surface area contributed by atoms with Gasteiger partial charge in [0, 0.05) is 12.6 Å². The van der Waals surface area contributed by atoms with Gasteiger partial charge in [0.15, 0.2) is 0 Å². The van der Waals surface area contributed by atoms with E-state index in [0.717, 1.165) is 11.3 Å². The lowest BCUT2D eigenvalue weighted by Crippen LogP contribution is -1.94. The van der Waals surface area contributed by atoms with Crippen molar-refractivity contribution in [3.05, 3.63) is 47.5 Å². The highest BCUT2D eigenvalue weighted by Crippen LogP contribution is 2.25. The van der Waals surface area contributed by atoms with E-state index in [9.17, 15) is 5.11 Å². The highest BCUT2D eigenvalue weighted by Gasteiger charge is 2.10. The van der Waals surface area contributed by atoms with Crippen molar-refractivity contribution in [1.29, 1.82) is 0 Å². The first-order valence-corrected chi connectivity index (χ1v) is 3.73. The van der Waals surface area contributed by atoms with Gasteiger partial charge in [0.25, 0.3) is 0 Å². The summed E-state index contributed by atoms with van der Waals surface area (Å²) < 4.78 is 0. The molecule has 2 aliphatic rings. The van der Waals surface area contributed by atoms with Crippen molar-refractivity contribution in [2.24, 2.45) is 10.2 Å². The summed E-state index contributed by atoms with van der Waals surface area (Å²) in [7, 11) is 0. The molecule has 0 bridgehead atoms. The molecule has 0 spiro atoms. The molecule has 0 atom stereocenters. The lowest BCUT2D eigenvalue weighted by atomic mass is 10.0. The van der Waals surface area contributed by atoms with Gasteiger partial charge in [-0.05, 0) is 23.8 Å². The molecule has 1 N–H and O–H groups in total. The van der Waals surface area contributed by atoms with Crippen molar-refractivity contribution >= 4 is 0 Å². The fraction of sp³-hybridized carbons (Fsp3) is 0.111. The molecular weight excluding hydrogens is 152 g/mol. The number of hydrogen-bond acceptors (Lipinski definition) is 3. The predicted octanol–water partition coefficient (Wildman–Crippen LogP) is 2.62. The molecule has 0 unspecified atom stereocenters. The normalized spacial score (nSPS) is 20.5. The summed E-state index contributed by atoms with van der Waals surface area (Å²) in [6.45, 7) is 0. The van der Waals surface area contributed by atoms with Crippen LogP contribution in [0.5, 0.6) is 0 Å². The van der Waals surface area contributed by atoms with Crippen LogP contribution in [0.2, 0.25) is 0 Å². The smallest absolute Gasteiger partial charge is 0.0967 e. The van der Waals surface area contributed by atoms with E-state index in [1.807, 2.05) is 12.2 Å². The molecule has 0 aromatic carbocycles. The van der Waals surface area contributed by atoms with Crippen LogP contribution in [-0.4, -0.2) is 5.11 Å². The molecule has 1 heterocycles. The standard InChI is InChI=1S/C9H8N2O/c12-8-3-4-9-7(6-8)2-1-5-10-11-9/h1-5,12H,6H2. The molecule has 12 heavy (non-hydrogen) atoms. The maximum atomic E-state index is 9.22. The van der Waals surface area contributed by atoms with Crippen LogP contribution >= 0.6 is 0 Å². The van der Waals surface area contributed by atoms with Crippen LogP contribution in [-0.2, 0) is 0 Å². The highest BCUT2D eigenvalue weighted by molar-refractivity contribution is 5.42. The minimum Gasteiger partial charge on any atom is -0.512 e. The van der Waals surface area contributed by atoms with Crippen molar-refractivity contribution in [3.8, 4) is 0 Å². The monoisotopic (exact) mass is 160 g/mol. The van der Waals surface area contributed by atoms with Crippen LogP contribution in [0.3, 0.4) is 0 Å². The summed E-state index contributed by atoms with van der Waals surface area (Å²) in [6.07, 6.45) is 9.32. The SMILES string of the molecule is OC1=CC=C2N=NC=CC=C2C1. The van der Waals surface area contributed by atoms with Gasteiger partial charge in [0.2, 0.25) is 0 Å². The molecule has 0 aromatic rings. The molecule has 0 amide bonds. The van der Waals surface area contributed by atoms with E-state index in [2.05, 4.69) is 10.2 Å². The van der Waals surface area contributed by atoms with E-state index in [1.165, 1.54) is 0 Å². The van der Waals surface area contributed by atoms with Crippen LogP contribution in [0.15, 0.2) is 57.8 Å². The second-order valence-corrected chi connectivity index (χ2v) is 2.64. The lowest BCUT2D eigenvalue weighted by molar-refractivity contribution is 0.397. The summed E-state index contributed by atoms with van der Waals surface area (Å²) in [5.41, 5.74) is 1.84. The maximum absolute atomic E-state index is 9.22. The van der Waals surface area contributed by atoms with Gasteiger partial charge in [-0.1, -0.05) is 6.08 Å². The minimum atomic E-state index is 0.371. The van der Waals surface area contributed by atoms with Gasteiger partial charge in [0.05, 0.1) is 11.5 Å². The van der Waals surface area contributed by atoms with Gasteiger partial charge in [-0.15, -0.1) is 0 Å². The molecule has 0 radical (unpaired) electrons. The number of aliphatic hydroxyl groups excluding tert-OH is 1. The Hall–Kier alpha value is -1.64. The molecule has 0 aromatic heterocycles. The van der Waals surface area contributed by atoms with Crippen molar-refractivity contribution in [2.75, 3.05) is 0 Å². The summed E-state index contributed by atoms with van der Waals surface area (Å²) >= 11 is 0. The third-order valence-electron chi connectivity index (χ3n) is 1.75. The summed E-state index contributed by atoms with van der Waals surface area (Å²) in [5, 5.41) is 17.0. The fourth-order valence-electron chi connectivity index (χ4n) is 1.16. The number of fused-ring (bicyclic) bond motifs is 1.